The van der Waals surface area contributed by atoms with Crippen LogP contribution < -0.4 is 21.1 Å². The highest BCUT2D eigenvalue weighted by molar-refractivity contribution is 6.00. The van der Waals surface area contributed by atoms with Gasteiger partial charge in [-0.15, -0.1) is 0 Å². The minimum absolute atomic E-state index is 0.0531. The van der Waals surface area contributed by atoms with Crippen LogP contribution in [0.25, 0.3) is 11.5 Å². The lowest BCUT2D eigenvalue weighted by molar-refractivity contribution is 0.0587. The summed E-state index contributed by atoms with van der Waals surface area (Å²) in [6.07, 6.45) is 5.85. The third-order valence-corrected chi connectivity index (χ3v) is 6.94. The SMILES string of the molecule is CO[C@@H]1CCC(NC(=O)c2cnn3c(N(C)C(=O)OC(C)(C)C)cc(Nc4cccn(-c5ncccc5F)c4=O)nc23)C1. The Morgan fingerprint density at radius 1 is 1.19 bits per heavy atom. The second-order valence-corrected chi connectivity index (χ2v) is 11.2. The Morgan fingerprint density at radius 2 is 1.98 bits per heavy atom. The number of methoxy groups -OCH3 is 1. The smallest absolute Gasteiger partial charge is 0.415 e. The average molecular weight is 593 g/mol. The zero-order valence-electron chi connectivity index (χ0n) is 24.5. The molecule has 1 saturated carbocycles. The van der Waals surface area contributed by atoms with Gasteiger partial charge in [-0.1, -0.05) is 0 Å². The van der Waals surface area contributed by atoms with Crippen LogP contribution in [-0.2, 0) is 9.47 Å². The Bertz CT molecular complexity index is 1730. The third-order valence-electron chi connectivity index (χ3n) is 6.94. The molecule has 0 spiro atoms. The summed E-state index contributed by atoms with van der Waals surface area (Å²) in [5.74, 6) is -0.879. The number of carbonyl (C=O) groups is 2. The van der Waals surface area contributed by atoms with Gasteiger partial charge in [0.25, 0.3) is 11.5 Å². The molecule has 13 nitrogen and oxygen atoms in total. The van der Waals surface area contributed by atoms with Gasteiger partial charge < -0.3 is 20.1 Å². The Labute approximate surface area is 246 Å². The fourth-order valence-corrected chi connectivity index (χ4v) is 4.83. The van der Waals surface area contributed by atoms with E-state index >= 15 is 0 Å². The van der Waals surface area contributed by atoms with Crippen molar-refractivity contribution in [1.82, 2.24) is 29.5 Å². The number of fused-ring (bicyclic) bond motifs is 1. The highest BCUT2D eigenvalue weighted by atomic mass is 19.1. The summed E-state index contributed by atoms with van der Waals surface area (Å²) in [5, 5.41) is 10.3. The Hall–Kier alpha value is -4.85. The van der Waals surface area contributed by atoms with Crippen molar-refractivity contribution in [2.24, 2.45) is 0 Å². The summed E-state index contributed by atoms with van der Waals surface area (Å²) >= 11 is 0. The van der Waals surface area contributed by atoms with Crippen molar-refractivity contribution < 1.29 is 23.5 Å². The first kappa shape index (κ1) is 29.6. The molecular formula is C29H33FN8O5. The number of rotatable bonds is 7. The molecule has 0 aliphatic heterocycles. The van der Waals surface area contributed by atoms with Crippen molar-refractivity contribution in [2.45, 2.75) is 57.8 Å². The van der Waals surface area contributed by atoms with Crippen LogP contribution in [0.1, 0.15) is 50.4 Å². The van der Waals surface area contributed by atoms with E-state index in [-0.39, 0.29) is 52.4 Å². The molecule has 0 saturated heterocycles. The molecule has 1 unspecified atom stereocenters. The monoisotopic (exact) mass is 592 g/mol. The second kappa shape index (κ2) is 11.8. The van der Waals surface area contributed by atoms with Crippen molar-refractivity contribution in [1.29, 1.82) is 0 Å². The topological polar surface area (TPSA) is 145 Å². The molecule has 4 heterocycles. The van der Waals surface area contributed by atoms with Gasteiger partial charge in [-0.3, -0.25) is 19.1 Å². The van der Waals surface area contributed by atoms with Crippen LogP contribution in [0, 0.1) is 5.82 Å². The molecule has 2 amide bonds. The van der Waals surface area contributed by atoms with Gasteiger partial charge in [-0.2, -0.15) is 9.61 Å². The lowest BCUT2D eigenvalue weighted by Gasteiger charge is -2.25. The van der Waals surface area contributed by atoms with Crippen LogP contribution in [-0.4, -0.2) is 68.1 Å². The molecule has 4 aromatic heterocycles. The van der Waals surface area contributed by atoms with E-state index in [0.717, 1.165) is 17.4 Å². The average Bonchev–Trinajstić information content (AvgIpc) is 3.60. The maximum atomic E-state index is 14.4. The molecule has 1 fully saturated rings. The predicted molar refractivity (Wildman–Crippen MR) is 157 cm³/mol. The van der Waals surface area contributed by atoms with Crippen molar-refractivity contribution >= 4 is 35.0 Å². The van der Waals surface area contributed by atoms with E-state index in [4.69, 9.17) is 9.47 Å². The first-order chi connectivity index (χ1) is 20.4. The first-order valence-corrected chi connectivity index (χ1v) is 13.7. The number of pyridine rings is 2. The van der Waals surface area contributed by atoms with Crippen LogP contribution in [0.3, 0.4) is 0 Å². The normalized spacial score (nSPS) is 16.7. The van der Waals surface area contributed by atoms with E-state index in [1.807, 2.05) is 0 Å². The fraction of sp³-hybridized carbons (Fsp3) is 0.379. The quantitative estimate of drug-likeness (QED) is 0.327. The Balaban J connectivity index is 1.55. The van der Waals surface area contributed by atoms with Crippen LogP contribution >= 0.6 is 0 Å². The molecule has 0 aromatic carbocycles. The van der Waals surface area contributed by atoms with Gasteiger partial charge >= 0.3 is 6.09 Å². The summed E-state index contributed by atoms with van der Waals surface area (Å²) in [7, 11) is 3.15. The van der Waals surface area contributed by atoms with E-state index in [2.05, 4.69) is 25.7 Å². The van der Waals surface area contributed by atoms with Gasteiger partial charge in [0.05, 0.1) is 12.3 Å². The zero-order chi connectivity index (χ0) is 30.9. The maximum absolute atomic E-state index is 14.4. The second-order valence-electron chi connectivity index (χ2n) is 11.2. The van der Waals surface area contributed by atoms with Crippen molar-refractivity contribution in [3.8, 4) is 5.82 Å². The summed E-state index contributed by atoms with van der Waals surface area (Å²) < 4.78 is 27.8. The predicted octanol–water partition coefficient (Wildman–Crippen LogP) is 3.83. The number of aromatic nitrogens is 5. The first-order valence-electron chi connectivity index (χ1n) is 13.7. The minimum atomic E-state index is -0.773. The molecule has 2 atom stereocenters. The molecule has 5 rings (SSSR count). The number of ether oxygens (including phenoxy) is 2. The van der Waals surface area contributed by atoms with Crippen LogP contribution in [0.15, 0.2) is 53.7 Å². The van der Waals surface area contributed by atoms with Gasteiger partial charge in [0.2, 0.25) is 0 Å². The lowest BCUT2D eigenvalue weighted by atomic mass is 10.2. The maximum Gasteiger partial charge on any atom is 0.415 e. The Kier molecular flexibility index (Phi) is 8.13. The fourth-order valence-electron chi connectivity index (χ4n) is 4.83. The summed E-state index contributed by atoms with van der Waals surface area (Å²) in [5.41, 5.74) is -1.00. The van der Waals surface area contributed by atoms with Crippen LogP contribution in [0.4, 0.5) is 26.5 Å². The molecule has 1 aliphatic rings. The van der Waals surface area contributed by atoms with E-state index < -0.39 is 23.1 Å². The van der Waals surface area contributed by atoms with E-state index in [1.54, 1.807) is 33.9 Å². The molecule has 14 heteroatoms. The zero-order valence-corrected chi connectivity index (χ0v) is 24.5. The molecule has 2 N–H and O–H groups in total. The van der Waals surface area contributed by atoms with Gasteiger partial charge in [0.1, 0.15) is 28.5 Å². The number of hydrogen-bond acceptors (Lipinski definition) is 9. The van der Waals surface area contributed by atoms with Gasteiger partial charge in [-0.05, 0) is 64.3 Å². The van der Waals surface area contributed by atoms with Gasteiger partial charge in [0.15, 0.2) is 17.3 Å². The highest BCUT2D eigenvalue weighted by Crippen LogP contribution is 2.26. The van der Waals surface area contributed by atoms with Crippen LogP contribution in [0.2, 0.25) is 0 Å². The molecule has 43 heavy (non-hydrogen) atoms. The van der Waals surface area contributed by atoms with E-state index in [0.29, 0.717) is 6.42 Å². The number of hydrogen-bond donors (Lipinski definition) is 2. The lowest BCUT2D eigenvalue weighted by Crippen LogP contribution is -2.35. The molecular weight excluding hydrogens is 559 g/mol. The standard InChI is InChI=1S/C29H33FN8O5/c1-29(2,3)43-28(41)36(4)23-15-22(34-21-9-7-13-37(27(21)40)25-20(30)8-6-12-31-25)35-24-19(16-32-38(23)24)26(39)33-17-10-11-18(14-17)42-5/h6-9,12-13,15-18H,10-11,14H2,1-5H3,(H,33,39)(H,34,35)/t17?,18-/m1/s1. The van der Waals surface area contributed by atoms with Gasteiger partial charge in [0, 0.05) is 38.7 Å². The summed E-state index contributed by atoms with van der Waals surface area (Å²) in [6, 6.07) is 7.10. The Morgan fingerprint density at radius 3 is 2.67 bits per heavy atom. The number of carbonyl (C=O) groups excluding carboxylic acids is 2. The van der Waals surface area contributed by atoms with Gasteiger partial charge in [-0.25, -0.2) is 19.2 Å². The van der Waals surface area contributed by atoms with Crippen LogP contribution in [0.5, 0.6) is 0 Å². The minimum Gasteiger partial charge on any atom is -0.443 e. The molecule has 226 valence electrons. The number of nitrogens with one attached hydrogen (secondary N) is 2. The number of anilines is 3. The summed E-state index contributed by atoms with van der Waals surface area (Å²) in [4.78, 5) is 49.5. The molecule has 4 aromatic rings. The van der Waals surface area contributed by atoms with Crippen molar-refractivity contribution in [3.63, 3.8) is 0 Å². The van der Waals surface area contributed by atoms with Crippen molar-refractivity contribution in [3.05, 3.63) is 70.7 Å². The molecule has 1 aliphatic carbocycles. The van der Waals surface area contributed by atoms with Crippen molar-refractivity contribution in [2.75, 3.05) is 24.4 Å². The largest absolute Gasteiger partial charge is 0.443 e. The third kappa shape index (κ3) is 6.33. The van der Waals surface area contributed by atoms with E-state index in [9.17, 15) is 18.8 Å². The number of amides is 2. The highest BCUT2D eigenvalue weighted by Gasteiger charge is 2.29. The summed E-state index contributed by atoms with van der Waals surface area (Å²) in [6.45, 7) is 5.23. The molecule has 0 bridgehead atoms. The van der Waals surface area contributed by atoms with E-state index in [1.165, 1.54) is 59.3 Å². The number of halogens is 1. The number of nitrogens with zero attached hydrogens (tertiary/aromatic N) is 6. The molecule has 0 radical (unpaired) electrons.